The third-order valence-electron chi connectivity index (χ3n) is 12.2. The van der Waals surface area contributed by atoms with Gasteiger partial charge in [0.1, 0.15) is 18.2 Å². The molecule has 1 aliphatic carbocycles. The van der Waals surface area contributed by atoms with E-state index in [1.54, 1.807) is 0 Å². The van der Waals surface area contributed by atoms with Gasteiger partial charge in [-0.2, -0.15) is 0 Å². The molecule has 10 aromatic rings. The number of hydrogen-bond donors (Lipinski definition) is 1. The number of benzene rings is 7. The zero-order chi connectivity index (χ0) is 38.3. The van der Waals surface area contributed by atoms with Crippen LogP contribution in [0.3, 0.4) is 0 Å². The first-order chi connectivity index (χ1) is 28.7. The van der Waals surface area contributed by atoms with Crippen LogP contribution in [0.4, 0.5) is 0 Å². The Morgan fingerprint density at radius 1 is 0.621 bits per heavy atom. The average Bonchev–Trinajstić information content (AvgIpc) is 3.97. The van der Waals surface area contributed by atoms with Crippen molar-refractivity contribution in [2.75, 3.05) is 7.05 Å². The third-order valence-corrected chi connectivity index (χ3v) is 14.6. The summed E-state index contributed by atoms with van der Waals surface area (Å²) >= 11 is 3.81. The number of nitrogens with zero attached hydrogens (tertiary/aromatic N) is 3. The number of amidine groups is 1. The number of allylic oxidation sites excluding steroid dienone is 3. The quantitative estimate of drug-likeness (QED) is 0.189. The first kappa shape index (κ1) is 33.8. The fourth-order valence-electron chi connectivity index (χ4n) is 9.49. The summed E-state index contributed by atoms with van der Waals surface area (Å²) in [5, 5.41) is 11.6. The van der Waals surface area contributed by atoms with Gasteiger partial charge in [-0.1, -0.05) is 140 Å². The molecule has 2 atom stereocenters. The molecule has 0 fully saturated rings. The predicted molar refractivity (Wildman–Crippen MR) is 249 cm³/mol. The van der Waals surface area contributed by atoms with Crippen molar-refractivity contribution in [3.05, 3.63) is 187 Å². The monoisotopic (exact) mass is 782 g/mol. The first-order valence-electron chi connectivity index (χ1n) is 20.1. The van der Waals surface area contributed by atoms with Crippen molar-refractivity contribution in [2.45, 2.75) is 25.2 Å². The van der Waals surface area contributed by atoms with Gasteiger partial charge in [-0.05, 0) is 66.9 Å². The highest BCUT2D eigenvalue weighted by Crippen LogP contribution is 2.48. The SMILES string of the molecule is CN1C(C2=CC=CCC2)NC(c2ccccc2)=NC1c1ccc2c(c1)sc1c(-c3cccc4sc5c(-n6c7ccccc7c7ccccc76)cccc5c34)cccc12. The lowest BCUT2D eigenvalue weighted by atomic mass is 9.97. The van der Waals surface area contributed by atoms with Crippen molar-refractivity contribution in [3.8, 4) is 16.8 Å². The van der Waals surface area contributed by atoms with Crippen molar-refractivity contribution >= 4 is 90.7 Å². The number of rotatable bonds is 5. The molecule has 4 nitrogen and oxygen atoms in total. The van der Waals surface area contributed by atoms with Crippen molar-refractivity contribution in [3.63, 3.8) is 0 Å². The molecule has 58 heavy (non-hydrogen) atoms. The number of hydrogen-bond acceptors (Lipinski definition) is 5. The minimum atomic E-state index is -0.128. The Bertz CT molecular complexity index is 3310. The molecule has 0 saturated carbocycles. The standard InChI is InChI=1S/C52H38N4S2/c1-55-51(33-17-6-3-7-18-33)53-50(32-15-4-2-5-16-32)54-52(55)34-29-30-37-39-22-12-23-40(48(39)58-46(37)31-34)38-21-14-28-45-47(38)41-24-13-27-44(49(41)57-45)56-42-25-10-8-19-35(42)36-20-9-11-26-43(36)56/h2-6,8-17,19-31,51-52H,7,18H2,1H3,(H,53,54). The Morgan fingerprint density at radius 2 is 1.33 bits per heavy atom. The lowest BCUT2D eigenvalue weighted by Gasteiger charge is -2.40. The molecule has 4 heterocycles. The van der Waals surface area contributed by atoms with Gasteiger partial charge in [0, 0.05) is 57.5 Å². The van der Waals surface area contributed by atoms with E-state index < -0.39 is 0 Å². The van der Waals surface area contributed by atoms with Crippen LogP contribution in [-0.2, 0) is 0 Å². The number of aliphatic imine (C=N–C) groups is 1. The van der Waals surface area contributed by atoms with Crippen LogP contribution in [0.1, 0.15) is 30.1 Å². The Labute approximate surface area is 344 Å². The van der Waals surface area contributed by atoms with Crippen LogP contribution in [0.5, 0.6) is 0 Å². The molecule has 0 bridgehead atoms. The van der Waals surface area contributed by atoms with Gasteiger partial charge >= 0.3 is 0 Å². The number of likely N-dealkylation sites (N-methyl/N-ethyl adjacent to an activating group) is 1. The number of aromatic nitrogens is 1. The van der Waals surface area contributed by atoms with Crippen LogP contribution in [-0.4, -0.2) is 28.5 Å². The normalized spacial score (nSPS) is 17.5. The van der Waals surface area contributed by atoms with E-state index in [1.807, 2.05) is 22.7 Å². The predicted octanol–water partition coefficient (Wildman–Crippen LogP) is 13.8. The molecular formula is C52H38N4S2. The maximum Gasteiger partial charge on any atom is 0.132 e. The van der Waals surface area contributed by atoms with Gasteiger partial charge in [0.2, 0.25) is 0 Å². The lowest BCUT2D eigenvalue weighted by Crippen LogP contribution is -2.53. The molecule has 6 heteroatoms. The highest BCUT2D eigenvalue weighted by Gasteiger charge is 2.33. The summed E-state index contributed by atoms with van der Waals surface area (Å²) in [4.78, 5) is 7.78. The highest BCUT2D eigenvalue weighted by atomic mass is 32.1. The topological polar surface area (TPSA) is 32.6 Å². The van der Waals surface area contributed by atoms with Crippen molar-refractivity contribution < 1.29 is 0 Å². The summed E-state index contributed by atoms with van der Waals surface area (Å²) in [5.74, 6) is 0.945. The first-order valence-corrected chi connectivity index (χ1v) is 21.7. The van der Waals surface area contributed by atoms with Crippen LogP contribution in [0.15, 0.2) is 180 Å². The molecular weight excluding hydrogens is 745 g/mol. The molecule has 1 aliphatic heterocycles. The highest BCUT2D eigenvalue weighted by molar-refractivity contribution is 7.27. The minimum absolute atomic E-state index is 0.0590. The molecule has 1 N–H and O–H groups in total. The van der Waals surface area contributed by atoms with E-state index in [-0.39, 0.29) is 12.3 Å². The molecule has 7 aromatic carbocycles. The minimum Gasteiger partial charge on any atom is -0.351 e. The van der Waals surface area contributed by atoms with E-state index >= 15 is 0 Å². The molecule has 0 spiro atoms. The van der Waals surface area contributed by atoms with Crippen molar-refractivity contribution in [1.29, 1.82) is 0 Å². The maximum atomic E-state index is 5.38. The van der Waals surface area contributed by atoms with Gasteiger partial charge < -0.3 is 9.88 Å². The molecule has 0 saturated heterocycles. The van der Waals surface area contributed by atoms with E-state index in [2.05, 4.69) is 192 Å². The van der Waals surface area contributed by atoms with E-state index in [9.17, 15) is 0 Å². The lowest BCUT2D eigenvalue weighted by molar-refractivity contribution is 0.173. The number of fused-ring (bicyclic) bond motifs is 9. The summed E-state index contributed by atoms with van der Waals surface area (Å²) in [5.41, 5.74) is 9.99. The maximum absolute atomic E-state index is 5.38. The average molecular weight is 783 g/mol. The van der Waals surface area contributed by atoms with Crippen LogP contribution in [0, 0.1) is 0 Å². The Hall–Kier alpha value is -6.31. The van der Waals surface area contributed by atoms with Crippen LogP contribution >= 0.6 is 22.7 Å². The fourth-order valence-corrected chi connectivity index (χ4v) is 12.0. The van der Waals surface area contributed by atoms with Crippen molar-refractivity contribution in [1.82, 2.24) is 14.8 Å². The Morgan fingerprint density at radius 3 is 2.14 bits per heavy atom. The number of nitrogens with one attached hydrogen (secondary N) is 1. The van der Waals surface area contributed by atoms with Gasteiger partial charge in [-0.3, -0.25) is 4.90 Å². The molecule has 3 aromatic heterocycles. The van der Waals surface area contributed by atoms with Gasteiger partial charge in [-0.25, -0.2) is 4.99 Å². The summed E-state index contributed by atoms with van der Waals surface area (Å²) in [6.45, 7) is 0. The number of thiophene rings is 2. The van der Waals surface area contributed by atoms with Gasteiger partial charge in [0.05, 0.1) is 21.4 Å². The summed E-state index contributed by atoms with van der Waals surface area (Å²) in [6, 6.07) is 55.7. The molecule has 2 aliphatic rings. The number of para-hydroxylation sites is 2. The zero-order valence-electron chi connectivity index (χ0n) is 31.9. The summed E-state index contributed by atoms with van der Waals surface area (Å²) < 4.78 is 7.69. The molecule has 0 radical (unpaired) electrons. The van der Waals surface area contributed by atoms with E-state index in [1.165, 1.54) is 90.1 Å². The second-order valence-corrected chi connectivity index (χ2v) is 17.6. The zero-order valence-corrected chi connectivity index (χ0v) is 33.5. The second-order valence-electron chi connectivity index (χ2n) is 15.5. The van der Waals surface area contributed by atoms with E-state index in [0.29, 0.717) is 0 Å². The van der Waals surface area contributed by atoms with Crippen molar-refractivity contribution in [2.24, 2.45) is 4.99 Å². The van der Waals surface area contributed by atoms with Gasteiger partial charge in [-0.15, -0.1) is 22.7 Å². The van der Waals surface area contributed by atoms with E-state index in [0.717, 1.165) is 24.2 Å². The van der Waals surface area contributed by atoms with E-state index in [4.69, 9.17) is 4.99 Å². The van der Waals surface area contributed by atoms with Gasteiger partial charge in [0.25, 0.3) is 0 Å². The second kappa shape index (κ2) is 13.4. The van der Waals surface area contributed by atoms with Crippen LogP contribution in [0.25, 0.3) is 79.0 Å². The Kier molecular flexibility index (Phi) is 7.80. The molecule has 0 amide bonds. The smallest absolute Gasteiger partial charge is 0.132 e. The molecule has 278 valence electrons. The van der Waals surface area contributed by atoms with Crippen LogP contribution in [0.2, 0.25) is 0 Å². The fraction of sp³-hybridized carbons (Fsp3) is 0.0962. The largest absolute Gasteiger partial charge is 0.351 e. The van der Waals surface area contributed by atoms with Gasteiger partial charge in [0.15, 0.2) is 0 Å². The summed E-state index contributed by atoms with van der Waals surface area (Å²) in [6.07, 6.45) is 8.77. The Balaban J connectivity index is 1.01. The third kappa shape index (κ3) is 5.19. The molecule has 2 unspecified atom stereocenters. The van der Waals surface area contributed by atoms with Crippen LogP contribution < -0.4 is 5.32 Å². The molecule has 12 rings (SSSR count). The summed E-state index contributed by atoms with van der Waals surface area (Å²) in [7, 11) is 2.21.